The van der Waals surface area contributed by atoms with Crippen LogP contribution in [0.15, 0.2) is 11.2 Å². The molecular weight excluding hydrogens is 303 g/mol. The fraction of sp³-hybridized carbons (Fsp3) is 0.500. The topological polar surface area (TPSA) is 110 Å². The fourth-order valence-electron chi connectivity index (χ4n) is 1.16. The van der Waals surface area contributed by atoms with Crippen LogP contribution in [0.5, 0.6) is 5.88 Å². The van der Waals surface area contributed by atoms with Crippen LogP contribution in [0.4, 0.5) is 19.0 Å². The fourth-order valence-corrected chi connectivity index (χ4v) is 1.88. The molecule has 1 heterocycles. The lowest BCUT2D eigenvalue weighted by molar-refractivity contribution is -0.154. The van der Waals surface area contributed by atoms with Gasteiger partial charge in [0.1, 0.15) is 6.33 Å². The van der Waals surface area contributed by atoms with E-state index in [2.05, 4.69) is 20.1 Å². The molecule has 0 saturated carbocycles. The molecule has 0 aromatic carbocycles. The maximum Gasteiger partial charge on any atom is 0.422 e. The molecule has 1 aromatic heterocycles. The molecule has 1 aromatic rings. The highest BCUT2D eigenvalue weighted by Gasteiger charge is 2.31. The van der Waals surface area contributed by atoms with Gasteiger partial charge in [-0.15, -0.1) is 0 Å². The van der Waals surface area contributed by atoms with E-state index in [4.69, 9.17) is 5.14 Å². The second-order valence-electron chi connectivity index (χ2n) is 3.81. The standard InChI is InChI=1S/C8H12F3N5O3S/c1-16(2)15-6-5(20(12,17)18)7(14-4-13-6)19-3-8(9,10)11/h4H,3H2,1-2H3,(H2,12,17,18)(H,13,14,15). The normalized spacial score (nSPS) is 12.6. The SMILES string of the molecule is CN(C)Nc1ncnc(OCC(F)(F)F)c1S(N)(=O)=O. The van der Waals surface area contributed by atoms with Gasteiger partial charge in [0.25, 0.3) is 0 Å². The van der Waals surface area contributed by atoms with E-state index in [-0.39, 0.29) is 5.82 Å². The van der Waals surface area contributed by atoms with Crippen molar-refractivity contribution in [3.05, 3.63) is 6.33 Å². The van der Waals surface area contributed by atoms with Crippen molar-refractivity contribution in [1.29, 1.82) is 0 Å². The van der Waals surface area contributed by atoms with Crippen LogP contribution >= 0.6 is 0 Å². The number of hydrazine groups is 1. The number of hydrogen-bond donors (Lipinski definition) is 2. The maximum atomic E-state index is 12.1. The third-order valence-corrected chi connectivity index (χ3v) is 2.69. The van der Waals surface area contributed by atoms with Gasteiger partial charge in [-0.1, -0.05) is 0 Å². The number of nitrogens with two attached hydrogens (primary N) is 1. The number of alkyl halides is 3. The van der Waals surface area contributed by atoms with Crippen molar-refractivity contribution in [2.45, 2.75) is 11.1 Å². The van der Waals surface area contributed by atoms with Crippen molar-refractivity contribution in [2.24, 2.45) is 5.14 Å². The van der Waals surface area contributed by atoms with Crippen LogP contribution in [0.1, 0.15) is 0 Å². The summed E-state index contributed by atoms with van der Waals surface area (Å²) in [5, 5.41) is 6.27. The predicted molar refractivity (Wildman–Crippen MR) is 62.3 cm³/mol. The summed E-state index contributed by atoms with van der Waals surface area (Å²) in [6.45, 7) is -1.70. The quantitative estimate of drug-likeness (QED) is 0.733. The molecular formula is C8H12F3N5O3S. The van der Waals surface area contributed by atoms with Crippen LogP contribution in [0.2, 0.25) is 0 Å². The number of halogens is 3. The molecule has 3 N–H and O–H groups in total. The van der Waals surface area contributed by atoms with Gasteiger partial charge in [0.15, 0.2) is 17.3 Å². The van der Waals surface area contributed by atoms with E-state index in [1.165, 1.54) is 19.1 Å². The van der Waals surface area contributed by atoms with Crippen molar-refractivity contribution >= 4 is 15.8 Å². The van der Waals surface area contributed by atoms with Crippen molar-refractivity contribution in [1.82, 2.24) is 15.0 Å². The molecule has 0 aliphatic rings. The van der Waals surface area contributed by atoms with Gasteiger partial charge in [0, 0.05) is 14.1 Å². The number of ether oxygens (including phenoxy) is 1. The van der Waals surface area contributed by atoms with Gasteiger partial charge in [0.2, 0.25) is 15.9 Å². The van der Waals surface area contributed by atoms with Crippen LogP contribution in [-0.4, -0.2) is 50.3 Å². The molecule has 0 fully saturated rings. The molecule has 0 aliphatic carbocycles. The monoisotopic (exact) mass is 315 g/mol. The molecule has 8 nitrogen and oxygen atoms in total. The Hall–Kier alpha value is -1.66. The number of nitrogens with one attached hydrogen (secondary N) is 1. The lowest BCUT2D eigenvalue weighted by Gasteiger charge is -2.17. The molecule has 0 bridgehead atoms. The predicted octanol–water partition coefficient (Wildman–Crippen LogP) is -0.0464. The Morgan fingerprint density at radius 3 is 2.45 bits per heavy atom. The highest BCUT2D eigenvalue weighted by molar-refractivity contribution is 7.89. The Morgan fingerprint density at radius 1 is 1.40 bits per heavy atom. The van der Waals surface area contributed by atoms with E-state index in [0.29, 0.717) is 0 Å². The first kappa shape index (κ1) is 16.4. The third-order valence-electron chi connectivity index (χ3n) is 1.76. The number of primary sulfonamides is 1. The number of nitrogens with zero attached hydrogens (tertiary/aromatic N) is 3. The van der Waals surface area contributed by atoms with Crippen LogP contribution in [0, 0.1) is 0 Å². The second-order valence-corrected chi connectivity index (χ2v) is 5.31. The van der Waals surface area contributed by atoms with Gasteiger partial charge in [-0.2, -0.15) is 13.2 Å². The van der Waals surface area contributed by atoms with Crippen LogP contribution in [0.3, 0.4) is 0 Å². The molecule has 0 aliphatic heterocycles. The average Bonchev–Trinajstić information content (AvgIpc) is 2.22. The number of sulfonamides is 1. The molecule has 0 atom stereocenters. The Balaban J connectivity index is 3.23. The van der Waals surface area contributed by atoms with Gasteiger partial charge in [-0.05, 0) is 0 Å². The number of hydrogen-bond acceptors (Lipinski definition) is 7. The number of anilines is 1. The second kappa shape index (κ2) is 5.76. The van der Waals surface area contributed by atoms with Crippen LogP contribution < -0.4 is 15.3 Å². The van der Waals surface area contributed by atoms with Crippen molar-refractivity contribution in [3.8, 4) is 5.88 Å². The maximum absolute atomic E-state index is 12.1. The molecule has 0 spiro atoms. The Kier molecular flexibility index (Phi) is 4.73. The van der Waals surface area contributed by atoms with E-state index in [1.54, 1.807) is 0 Å². The first-order chi connectivity index (χ1) is 9.00. The zero-order valence-electron chi connectivity index (χ0n) is 10.5. The van der Waals surface area contributed by atoms with Gasteiger partial charge in [-0.25, -0.2) is 28.5 Å². The van der Waals surface area contributed by atoms with Crippen LogP contribution in [0.25, 0.3) is 0 Å². The summed E-state index contributed by atoms with van der Waals surface area (Å²) in [5.41, 5.74) is 2.48. The van der Waals surface area contributed by atoms with Crippen molar-refractivity contribution < 1.29 is 26.3 Å². The lowest BCUT2D eigenvalue weighted by Crippen LogP contribution is -2.26. The minimum atomic E-state index is -4.64. The first-order valence-electron chi connectivity index (χ1n) is 5.02. The summed E-state index contributed by atoms with van der Waals surface area (Å²) in [7, 11) is -1.35. The van der Waals surface area contributed by atoms with Gasteiger partial charge >= 0.3 is 6.18 Å². The Bertz CT molecular complexity index is 575. The van der Waals surface area contributed by atoms with E-state index >= 15 is 0 Å². The molecule has 12 heteroatoms. The summed E-state index contributed by atoms with van der Waals surface area (Å²) in [5.74, 6) is -1.06. The highest BCUT2D eigenvalue weighted by atomic mass is 32.2. The lowest BCUT2D eigenvalue weighted by atomic mass is 10.5. The molecule has 114 valence electrons. The average molecular weight is 315 g/mol. The minimum absolute atomic E-state index is 0.287. The molecule has 1 rings (SSSR count). The van der Waals surface area contributed by atoms with Crippen LogP contribution in [-0.2, 0) is 10.0 Å². The zero-order valence-corrected chi connectivity index (χ0v) is 11.3. The van der Waals surface area contributed by atoms with E-state index in [1.807, 2.05) is 0 Å². The summed E-state index contributed by atoms with van der Waals surface area (Å²) < 4.78 is 63.6. The zero-order chi connectivity index (χ0) is 15.6. The first-order valence-corrected chi connectivity index (χ1v) is 6.56. The van der Waals surface area contributed by atoms with Gasteiger partial charge in [0.05, 0.1) is 0 Å². The van der Waals surface area contributed by atoms with Gasteiger partial charge in [-0.3, -0.25) is 0 Å². The smallest absolute Gasteiger partial charge is 0.422 e. The van der Waals surface area contributed by atoms with E-state index in [9.17, 15) is 21.6 Å². The Morgan fingerprint density at radius 2 is 2.00 bits per heavy atom. The minimum Gasteiger partial charge on any atom is -0.467 e. The summed E-state index contributed by atoms with van der Waals surface area (Å²) >= 11 is 0. The van der Waals surface area contributed by atoms with E-state index < -0.39 is 33.6 Å². The Labute approximate surface area is 112 Å². The van der Waals surface area contributed by atoms with Gasteiger partial charge < -0.3 is 10.2 Å². The molecule has 0 radical (unpaired) electrons. The molecule has 0 unspecified atom stereocenters. The summed E-state index contributed by atoms with van der Waals surface area (Å²) in [6.07, 6.45) is -3.79. The largest absolute Gasteiger partial charge is 0.467 e. The molecule has 0 saturated heterocycles. The summed E-state index contributed by atoms with van der Waals surface area (Å²) in [6, 6.07) is 0. The molecule has 0 amide bonds. The highest BCUT2D eigenvalue weighted by Crippen LogP contribution is 2.27. The molecule has 20 heavy (non-hydrogen) atoms. The summed E-state index contributed by atoms with van der Waals surface area (Å²) in [4.78, 5) is 6.22. The van der Waals surface area contributed by atoms with E-state index in [0.717, 1.165) is 6.33 Å². The van der Waals surface area contributed by atoms with Crippen molar-refractivity contribution in [2.75, 3.05) is 26.1 Å². The number of rotatable bonds is 5. The third kappa shape index (κ3) is 4.79. The van der Waals surface area contributed by atoms with Crippen molar-refractivity contribution in [3.63, 3.8) is 0 Å². The number of aromatic nitrogens is 2.